The fraction of sp³-hybridized carbons (Fsp3) is 1.00. The summed E-state index contributed by atoms with van der Waals surface area (Å²) in [6, 6.07) is 0. The van der Waals surface area contributed by atoms with Gasteiger partial charge in [-0.2, -0.15) is 0 Å². The van der Waals surface area contributed by atoms with Gasteiger partial charge in [-0.25, -0.2) is 0 Å². The van der Waals surface area contributed by atoms with Gasteiger partial charge in [-0.1, -0.05) is 0 Å². The van der Waals surface area contributed by atoms with E-state index in [1.54, 1.807) is 5.32 Å². The van der Waals surface area contributed by atoms with Crippen molar-refractivity contribution >= 4 is 53.4 Å². The Balaban J connectivity index is 1.98. The third-order valence-electron chi connectivity index (χ3n) is 2.27. The predicted molar refractivity (Wildman–Crippen MR) is 67.4 cm³/mol. The summed E-state index contributed by atoms with van der Waals surface area (Å²) in [5, 5.41) is 4.99. The van der Waals surface area contributed by atoms with Gasteiger partial charge in [0.2, 0.25) is 0 Å². The minimum absolute atomic E-state index is 0.831. The quantitative estimate of drug-likeness (QED) is 0.619. The van der Waals surface area contributed by atoms with Gasteiger partial charge in [0.25, 0.3) is 0 Å². The first kappa shape index (κ1) is 11.2. The second-order valence-corrected chi connectivity index (χ2v) is 15.0. The molecule has 0 aromatic heterocycles. The first-order chi connectivity index (χ1) is 6.20. The molecule has 0 nitrogen and oxygen atoms in total. The van der Waals surface area contributed by atoms with E-state index in [2.05, 4.69) is 37.4 Å². The average molecular weight is 346 g/mol. The Morgan fingerprint density at radius 2 is 1.85 bits per heavy atom. The molecule has 2 saturated heterocycles. The Morgan fingerprint density at radius 1 is 1.15 bits per heavy atom. The van der Waals surface area contributed by atoms with Crippen LogP contribution in [0.3, 0.4) is 0 Å². The number of hydrogen-bond acceptors (Lipinski definition) is 2. The first-order valence-electron chi connectivity index (χ1n) is 4.77. The molecule has 0 aromatic rings. The Morgan fingerprint density at radius 3 is 2.54 bits per heavy atom. The summed E-state index contributed by atoms with van der Waals surface area (Å²) in [4.78, 5) is 0. The van der Waals surface area contributed by atoms with Crippen LogP contribution in [0.2, 0.25) is 10.6 Å². The summed E-state index contributed by atoms with van der Waals surface area (Å²) in [6.07, 6.45) is 1.52. The zero-order valence-electron chi connectivity index (χ0n) is 8.12. The van der Waals surface area contributed by atoms with Crippen LogP contribution in [0.1, 0.15) is 20.3 Å². The Kier molecular flexibility index (Phi) is 4.08. The van der Waals surface area contributed by atoms with E-state index in [9.17, 15) is 0 Å². The van der Waals surface area contributed by atoms with Gasteiger partial charge in [0.1, 0.15) is 0 Å². The number of rotatable bonds is 0. The Hall–Kier alpha value is 1.74. The third kappa shape index (κ3) is 2.86. The van der Waals surface area contributed by atoms with Gasteiger partial charge in [-0.15, -0.1) is 0 Å². The topological polar surface area (TPSA) is 0 Å². The van der Waals surface area contributed by atoms with Gasteiger partial charge in [0, 0.05) is 0 Å². The molecule has 76 valence electrons. The van der Waals surface area contributed by atoms with Crippen LogP contribution in [0, 0.1) is 0 Å². The van der Waals surface area contributed by atoms with Crippen molar-refractivity contribution in [3.05, 3.63) is 0 Å². The van der Waals surface area contributed by atoms with E-state index in [0.717, 1.165) is 43.0 Å². The maximum atomic E-state index is 2.43. The van der Waals surface area contributed by atoms with E-state index in [1.165, 1.54) is 17.5 Å². The molecule has 0 amide bonds. The van der Waals surface area contributed by atoms with Gasteiger partial charge < -0.3 is 0 Å². The summed E-state index contributed by atoms with van der Waals surface area (Å²) in [6.45, 7) is 4.85. The Bertz CT molecular complexity index is 186. The zero-order valence-corrected chi connectivity index (χ0v) is 13.2. The minimum atomic E-state index is 0.831. The van der Waals surface area contributed by atoms with E-state index in [0.29, 0.717) is 0 Å². The molecule has 0 aliphatic carbocycles. The second-order valence-electron chi connectivity index (χ2n) is 3.66. The summed E-state index contributed by atoms with van der Waals surface area (Å²) in [7, 11) is 0. The third-order valence-corrected chi connectivity index (χ3v) is 16.0. The SMILES string of the molecule is CC1C[Se]C2(CCS1)SC(C)C[Se]2. The van der Waals surface area contributed by atoms with Crippen molar-refractivity contribution in [2.75, 3.05) is 5.75 Å². The normalized spacial score (nSPS) is 46.6. The molecule has 4 heteroatoms. The molecule has 2 aliphatic heterocycles. The van der Waals surface area contributed by atoms with Gasteiger partial charge in [-0.3, -0.25) is 0 Å². The van der Waals surface area contributed by atoms with Crippen LogP contribution in [-0.4, -0.2) is 48.7 Å². The number of thioether (sulfide) groups is 2. The van der Waals surface area contributed by atoms with E-state index in [-0.39, 0.29) is 0 Å². The van der Waals surface area contributed by atoms with Crippen LogP contribution in [0.4, 0.5) is 0 Å². The van der Waals surface area contributed by atoms with Crippen LogP contribution < -0.4 is 0 Å². The molecule has 0 bridgehead atoms. The predicted octanol–water partition coefficient (Wildman–Crippen LogP) is 2.55. The monoisotopic (exact) mass is 348 g/mol. The molecular formula is C9H16S2Se2. The van der Waals surface area contributed by atoms with Crippen LogP contribution >= 0.6 is 23.5 Å². The van der Waals surface area contributed by atoms with Crippen molar-refractivity contribution in [1.29, 1.82) is 0 Å². The van der Waals surface area contributed by atoms with Gasteiger partial charge >= 0.3 is 103 Å². The summed E-state index contributed by atoms with van der Waals surface area (Å²) >= 11 is 6.46. The second kappa shape index (κ2) is 4.72. The standard InChI is InChI=1S/C9H16S2Se2/c1-7-5-12-9(3-4-10-7)11-8(2)6-13-9/h7-8H,3-6H2,1-2H3. The number of hydrogen-bond donors (Lipinski definition) is 0. The van der Waals surface area contributed by atoms with Crippen molar-refractivity contribution in [3.8, 4) is 0 Å². The van der Waals surface area contributed by atoms with E-state index >= 15 is 0 Å². The van der Waals surface area contributed by atoms with Gasteiger partial charge in [0.05, 0.1) is 0 Å². The maximum absolute atomic E-state index is 2.43. The van der Waals surface area contributed by atoms with Crippen LogP contribution in [0.15, 0.2) is 0 Å². The molecule has 0 N–H and O–H groups in total. The molecule has 2 heterocycles. The molecular weight excluding hydrogens is 330 g/mol. The molecule has 0 aromatic carbocycles. The molecule has 0 radical (unpaired) electrons. The van der Waals surface area contributed by atoms with Crippen molar-refractivity contribution in [1.82, 2.24) is 0 Å². The van der Waals surface area contributed by atoms with Crippen LogP contribution in [-0.2, 0) is 0 Å². The van der Waals surface area contributed by atoms with E-state index in [1.807, 2.05) is 0 Å². The molecule has 2 rings (SSSR count). The molecule has 2 fully saturated rings. The van der Waals surface area contributed by atoms with E-state index < -0.39 is 0 Å². The van der Waals surface area contributed by atoms with Gasteiger partial charge in [-0.05, 0) is 0 Å². The van der Waals surface area contributed by atoms with E-state index in [4.69, 9.17) is 0 Å². The summed E-state index contributed by atoms with van der Waals surface area (Å²) in [5.74, 6) is 1.43. The molecule has 3 unspecified atom stereocenters. The van der Waals surface area contributed by atoms with Crippen molar-refractivity contribution < 1.29 is 0 Å². The van der Waals surface area contributed by atoms with Crippen molar-refractivity contribution in [3.63, 3.8) is 0 Å². The van der Waals surface area contributed by atoms with Crippen molar-refractivity contribution in [2.24, 2.45) is 0 Å². The van der Waals surface area contributed by atoms with Crippen LogP contribution in [0.25, 0.3) is 0 Å². The Labute approximate surface area is 102 Å². The molecule has 0 saturated carbocycles. The fourth-order valence-electron chi connectivity index (χ4n) is 1.58. The molecule has 3 atom stereocenters. The zero-order chi connectivity index (χ0) is 9.31. The summed E-state index contributed by atoms with van der Waals surface area (Å²) in [5.41, 5.74) is 0. The average Bonchev–Trinajstić information content (AvgIpc) is 2.35. The fourth-order valence-corrected chi connectivity index (χ4v) is 15.3. The van der Waals surface area contributed by atoms with Crippen molar-refractivity contribution in [2.45, 2.75) is 44.0 Å². The molecule has 2 aliphatic rings. The molecule has 13 heavy (non-hydrogen) atoms. The molecule has 1 spiro atoms. The van der Waals surface area contributed by atoms with Crippen LogP contribution in [0.5, 0.6) is 0 Å². The summed E-state index contributed by atoms with van der Waals surface area (Å²) < 4.78 is 0.831. The van der Waals surface area contributed by atoms with Gasteiger partial charge in [0.15, 0.2) is 0 Å². The first-order valence-corrected chi connectivity index (χ1v) is 10.8.